The lowest BCUT2D eigenvalue weighted by atomic mass is 9.77. The Morgan fingerprint density at radius 2 is 1.76 bits per heavy atom. The van der Waals surface area contributed by atoms with Crippen molar-refractivity contribution in [2.45, 2.75) is 23.1 Å². The van der Waals surface area contributed by atoms with E-state index < -0.39 is 44.4 Å². The van der Waals surface area contributed by atoms with E-state index >= 15 is 0 Å². The van der Waals surface area contributed by atoms with Crippen LogP contribution >= 0.6 is 0 Å². The number of ether oxygens (including phenoxy) is 1. The molecule has 5 rings (SSSR count). The molecule has 1 N–H and O–H groups in total. The average molecular weight is 469 g/mol. The number of imide groups is 1. The van der Waals surface area contributed by atoms with E-state index in [9.17, 15) is 28.1 Å². The molecule has 2 bridgehead atoms. The summed E-state index contributed by atoms with van der Waals surface area (Å²) in [6, 6.07) is 13.6. The second-order valence-corrected chi connectivity index (χ2v) is 9.99. The fraction of sp³-hybridized carbons (Fsp3) is 0.273. The Bertz CT molecular complexity index is 1280. The molecule has 2 aromatic carbocycles. The Hall–Kier alpha value is -3.41. The minimum Gasteiger partial charge on any atom is -0.361 e. The highest BCUT2D eigenvalue weighted by molar-refractivity contribution is 7.89. The molecular weight excluding hydrogens is 450 g/mol. The number of nitrogens with one attached hydrogen (secondary N) is 1. The molecule has 10 nitrogen and oxygen atoms in total. The molecule has 170 valence electrons. The number of hydrogen-bond acceptors (Lipinski definition) is 7. The van der Waals surface area contributed by atoms with Crippen molar-refractivity contribution in [3.8, 4) is 0 Å². The summed E-state index contributed by atoms with van der Waals surface area (Å²) in [5.74, 6) is -2.25. The maximum absolute atomic E-state index is 13.2. The van der Waals surface area contributed by atoms with Crippen LogP contribution in [-0.2, 0) is 30.9 Å². The molecule has 3 aliphatic heterocycles. The summed E-state index contributed by atoms with van der Waals surface area (Å²) >= 11 is 0. The van der Waals surface area contributed by atoms with Crippen molar-refractivity contribution in [1.82, 2.24) is 9.62 Å². The van der Waals surface area contributed by atoms with Crippen molar-refractivity contribution in [2.75, 3.05) is 6.54 Å². The lowest BCUT2D eigenvalue weighted by Gasteiger charge is -2.29. The lowest BCUT2D eigenvalue weighted by Crippen LogP contribution is -2.48. The first kappa shape index (κ1) is 21.4. The summed E-state index contributed by atoms with van der Waals surface area (Å²) in [5, 5.41) is 10.8. The van der Waals surface area contributed by atoms with Gasteiger partial charge in [-0.15, -0.1) is 0 Å². The van der Waals surface area contributed by atoms with Gasteiger partial charge in [0.25, 0.3) is 5.69 Å². The van der Waals surface area contributed by atoms with Crippen LogP contribution in [0.5, 0.6) is 0 Å². The zero-order valence-corrected chi connectivity index (χ0v) is 18.0. The summed E-state index contributed by atoms with van der Waals surface area (Å²) in [7, 11) is -4.04. The van der Waals surface area contributed by atoms with Gasteiger partial charge in [-0.2, -0.15) is 0 Å². The first-order chi connectivity index (χ1) is 15.7. The number of rotatable bonds is 7. The highest BCUT2D eigenvalue weighted by atomic mass is 32.2. The van der Waals surface area contributed by atoms with E-state index in [1.165, 1.54) is 4.90 Å². The van der Waals surface area contributed by atoms with Gasteiger partial charge in [-0.3, -0.25) is 24.6 Å². The average Bonchev–Trinajstić information content (AvgIpc) is 3.45. The molecule has 33 heavy (non-hydrogen) atoms. The maximum atomic E-state index is 13.2. The number of hydrogen-bond donors (Lipinski definition) is 1. The zero-order valence-electron chi connectivity index (χ0n) is 17.2. The third-order valence-electron chi connectivity index (χ3n) is 6.33. The summed E-state index contributed by atoms with van der Waals surface area (Å²) in [6.07, 6.45) is 2.74. The number of sulfonamides is 1. The van der Waals surface area contributed by atoms with Crippen LogP contribution in [0.4, 0.5) is 5.69 Å². The van der Waals surface area contributed by atoms with Crippen LogP contribution in [0.3, 0.4) is 0 Å². The smallest absolute Gasteiger partial charge is 0.269 e. The van der Waals surface area contributed by atoms with E-state index in [0.717, 1.165) is 29.8 Å². The Morgan fingerprint density at radius 3 is 2.42 bits per heavy atom. The van der Waals surface area contributed by atoms with Crippen molar-refractivity contribution < 1.29 is 27.7 Å². The fourth-order valence-corrected chi connectivity index (χ4v) is 5.80. The second-order valence-electron chi connectivity index (χ2n) is 8.22. The van der Waals surface area contributed by atoms with Crippen molar-refractivity contribution in [1.29, 1.82) is 0 Å². The molecule has 2 aromatic rings. The number of non-ortho nitro benzene ring substituents is 1. The van der Waals surface area contributed by atoms with Gasteiger partial charge in [0.2, 0.25) is 21.8 Å². The third kappa shape index (κ3) is 3.45. The maximum Gasteiger partial charge on any atom is 0.269 e. The number of carbonyl (C=O) groups is 2. The van der Waals surface area contributed by atoms with Gasteiger partial charge >= 0.3 is 0 Å². The molecule has 0 radical (unpaired) electrons. The van der Waals surface area contributed by atoms with Crippen molar-refractivity contribution in [3.63, 3.8) is 0 Å². The molecule has 11 heteroatoms. The van der Waals surface area contributed by atoms with Crippen LogP contribution < -0.4 is 4.72 Å². The molecule has 4 atom stereocenters. The van der Waals surface area contributed by atoms with Gasteiger partial charge in [0.15, 0.2) is 0 Å². The van der Waals surface area contributed by atoms with Crippen molar-refractivity contribution >= 4 is 27.5 Å². The molecular formula is C22H19N3O7S. The van der Waals surface area contributed by atoms with E-state index in [4.69, 9.17) is 4.74 Å². The molecule has 2 fully saturated rings. The van der Waals surface area contributed by atoms with Gasteiger partial charge < -0.3 is 4.74 Å². The summed E-state index contributed by atoms with van der Waals surface area (Å²) in [4.78, 5) is 37.5. The molecule has 0 unspecified atom stereocenters. The Balaban J connectivity index is 1.36. The molecule has 0 aliphatic carbocycles. The van der Waals surface area contributed by atoms with E-state index in [1.54, 1.807) is 12.2 Å². The normalized spacial score (nSPS) is 27.9. The minimum atomic E-state index is -4.04. The standard InChI is InChI=1S/C22H19N3O7S/c26-20-18-17-10-11-22(32-17,19(18)21(27)24(20)12-14-4-2-1-3-5-14)13-23-33(30,31)16-8-6-15(7-9-16)25(28)29/h1-11,17-19,23H,12-13H2/t17-,18+,19-,22-/m0/s1. The number of nitrogens with zero attached hydrogens (tertiary/aromatic N) is 2. The highest BCUT2D eigenvalue weighted by Crippen LogP contribution is 2.51. The van der Waals surface area contributed by atoms with Gasteiger partial charge in [0.05, 0.1) is 34.3 Å². The van der Waals surface area contributed by atoms with Crippen LogP contribution in [0.15, 0.2) is 71.6 Å². The summed E-state index contributed by atoms with van der Waals surface area (Å²) < 4.78 is 33.9. The molecule has 0 spiro atoms. The van der Waals surface area contributed by atoms with Gasteiger partial charge in [0, 0.05) is 18.7 Å². The van der Waals surface area contributed by atoms with E-state index in [1.807, 2.05) is 30.3 Å². The second kappa shape index (κ2) is 7.58. The van der Waals surface area contributed by atoms with Gasteiger partial charge in [-0.05, 0) is 17.7 Å². The molecule has 2 amide bonds. The quantitative estimate of drug-likeness (QED) is 0.280. The summed E-state index contributed by atoms with van der Waals surface area (Å²) in [6.45, 7) is -0.110. The van der Waals surface area contributed by atoms with Crippen LogP contribution in [0, 0.1) is 22.0 Å². The number of nitro benzene ring substituents is 1. The Morgan fingerprint density at radius 1 is 1.06 bits per heavy atom. The number of likely N-dealkylation sites (tertiary alicyclic amines) is 1. The van der Waals surface area contributed by atoms with Crippen molar-refractivity contribution in [2.24, 2.45) is 11.8 Å². The lowest BCUT2D eigenvalue weighted by molar-refractivity contribution is -0.384. The van der Waals surface area contributed by atoms with Crippen LogP contribution in [-0.4, -0.2) is 48.3 Å². The van der Waals surface area contributed by atoms with Crippen LogP contribution in [0.25, 0.3) is 0 Å². The van der Waals surface area contributed by atoms with E-state index in [0.29, 0.717) is 0 Å². The molecule has 3 aliphatic rings. The van der Waals surface area contributed by atoms with Crippen molar-refractivity contribution in [3.05, 3.63) is 82.4 Å². The zero-order chi connectivity index (χ0) is 23.4. The van der Waals surface area contributed by atoms with E-state index in [2.05, 4.69) is 4.72 Å². The number of fused-ring (bicyclic) bond motifs is 5. The largest absolute Gasteiger partial charge is 0.361 e. The third-order valence-corrected chi connectivity index (χ3v) is 7.74. The minimum absolute atomic E-state index is 0.142. The first-order valence-electron chi connectivity index (χ1n) is 10.2. The topological polar surface area (TPSA) is 136 Å². The number of nitro groups is 1. The van der Waals surface area contributed by atoms with Gasteiger partial charge in [-0.1, -0.05) is 42.5 Å². The summed E-state index contributed by atoms with van der Waals surface area (Å²) in [5.41, 5.74) is -0.695. The predicted molar refractivity (Wildman–Crippen MR) is 114 cm³/mol. The monoisotopic (exact) mass is 469 g/mol. The number of amides is 2. The SMILES string of the molecule is O=C1[C@@H]2[C@@H]3C=C[C@@](CNS(=O)(=O)c4ccc([N+](=O)[O-])cc4)(O3)[C@@H]2C(=O)N1Cc1ccccc1. The number of carbonyl (C=O) groups excluding carboxylic acids is 2. The van der Waals surface area contributed by atoms with Crippen LogP contribution in [0.1, 0.15) is 5.56 Å². The van der Waals surface area contributed by atoms with Crippen LogP contribution in [0.2, 0.25) is 0 Å². The number of benzene rings is 2. The Labute approximate surface area is 189 Å². The highest BCUT2D eigenvalue weighted by Gasteiger charge is 2.67. The molecule has 0 aromatic heterocycles. The van der Waals surface area contributed by atoms with Gasteiger partial charge in [-0.25, -0.2) is 13.1 Å². The molecule has 3 heterocycles. The fourth-order valence-electron chi connectivity index (χ4n) is 4.73. The molecule has 2 saturated heterocycles. The van der Waals surface area contributed by atoms with Gasteiger partial charge in [0.1, 0.15) is 5.60 Å². The Kier molecular flexibility index (Phi) is 4.92. The van der Waals surface area contributed by atoms with E-state index in [-0.39, 0.29) is 29.6 Å². The first-order valence-corrected chi connectivity index (χ1v) is 11.7. The predicted octanol–water partition coefficient (Wildman–Crippen LogP) is 1.38. The molecule has 0 saturated carbocycles.